The molecular weight excluding hydrogens is 500 g/mol. The standard InChI is InChI=1S/C22H17Cl2F3N2O3S/c23-19-10-9-15(11-20(19)24)13-29(33(31,32)18-7-2-1-3-8-18)14-21(30)28-17-6-4-5-16(12-17)22(25,26)27/h1-12H,13-14H2,(H,28,30). The number of sulfonamides is 1. The second-order valence-corrected chi connectivity index (χ2v) is 9.71. The average Bonchev–Trinajstić information content (AvgIpc) is 2.76. The molecule has 0 spiro atoms. The molecule has 0 saturated carbocycles. The summed E-state index contributed by atoms with van der Waals surface area (Å²) in [7, 11) is -4.12. The summed E-state index contributed by atoms with van der Waals surface area (Å²) in [5.41, 5.74) is -0.581. The van der Waals surface area contributed by atoms with Gasteiger partial charge in [0.25, 0.3) is 0 Å². The maximum absolute atomic E-state index is 13.2. The Morgan fingerprint density at radius 3 is 2.24 bits per heavy atom. The summed E-state index contributed by atoms with van der Waals surface area (Å²) in [6.07, 6.45) is -4.59. The van der Waals surface area contributed by atoms with Crippen molar-refractivity contribution in [2.24, 2.45) is 0 Å². The lowest BCUT2D eigenvalue weighted by molar-refractivity contribution is -0.137. The third kappa shape index (κ3) is 6.48. The number of benzene rings is 3. The number of alkyl halides is 3. The van der Waals surface area contributed by atoms with Crippen LogP contribution in [0.5, 0.6) is 0 Å². The number of nitrogens with one attached hydrogen (secondary N) is 1. The number of rotatable bonds is 7. The van der Waals surface area contributed by atoms with Crippen molar-refractivity contribution >= 4 is 44.8 Å². The Kier molecular flexibility index (Phi) is 7.69. The van der Waals surface area contributed by atoms with Gasteiger partial charge in [0, 0.05) is 12.2 Å². The van der Waals surface area contributed by atoms with Crippen molar-refractivity contribution in [3.8, 4) is 0 Å². The fourth-order valence-electron chi connectivity index (χ4n) is 2.94. The molecule has 0 unspecified atom stereocenters. The maximum atomic E-state index is 13.2. The highest BCUT2D eigenvalue weighted by Crippen LogP contribution is 2.31. The van der Waals surface area contributed by atoms with Crippen molar-refractivity contribution < 1.29 is 26.4 Å². The number of halogens is 5. The van der Waals surface area contributed by atoms with Gasteiger partial charge in [0.2, 0.25) is 15.9 Å². The van der Waals surface area contributed by atoms with E-state index in [9.17, 15) is 26.4 Å². The van der Waals surface area contributed by atoms with E-state index in [0.717, 1.165) is 22.5 Å². The molecule has 174 valence electrons. The zero-order chi connectivity index (χ0) is 24.2. The first kappa shape index (κ1) is 25.0. The van der Waals surface area contributed by atoms with E-state index in [2.05, 4.69) is 5.32 Å². The van der Waals surface area contributed by atoms with Crippen LogP contribution in [0, 0.1) is 0 Å². The fraction of sp³-hybridized carbons (Fsp3) is 0.136. The van der Waals surface area contributed by atoms with Crippen LogP contribution < -0.4 is 5.32 Å². The van der Waals surface area contributed by atoms with Crippen LogP contribution in [0.1, 0.15) is 11.1 Å². The summed E-state index contributed by atoms with van der Waals surface area (Å²) in [6.45, 7) is -0.863. The van der Waals surface area contributed by atoms with Gasteiger partial charge in [-0.25, -0.2) is 8.42 Å². The lowest BCUT2D eigenvalue weighted by Crippen LogP contribution is -2.37. The Labute approximate surface area is 198 Å². The zero-order valence-electron chi connectivity index (χ0n) is 16.8. The molecule has 0 aromatic heterocycles. The van der Waals surface area contributed by atoms with Crippen LogP contribution in [-0.2, 0) is 27.5 Å². The lowest BCUT2D eigenvalue weighted by Gasteiger charge is -2.22. The lowest BCUT2D eigenvalue weighted by atomic mass is 10.2. The maximum Gasteiger partial charge on any atom is 0.416 e. The average molecular weight is 517 g/mol. The molecule has 0 saturated heterocycles. The largest absolute Gasteiger partial charge is 0.416 e. The quantitative estimate of drug-likeness (QED) is 0.428. The Hall–Kier alpha value is -2.59. The molecule has 1 amide bonds. The fourth-order valence-corrected chi connectivity index (χ4v) is 4.67. The second kappa shape index (κ2) is 10.1. The van der Waals surface area contributed by atoms with E-state index in [4.69, 9.17) is 23.2 Å². The molecule has 0 bridgehead atoms. The van der Waals surface area contributed by atoms with Gasteiger partial charge in [-0.2, -0.15) is 17.5 Å². The van der Waals surface area contributed by atoms with Crippen molar-refractivity contribution in [1.82, 2.24) is 4.31 Å². The summed E-state index contributed by atoms with van der Waals surface area (Å²) in [4.78, 5) is 12.6. The minimum Gasteiger partial charge on any atom is -0.325 e. The van der Waals surface area contributed by atoms with Crippen LogP contribution in [-0.4, -0.2) is 25.2 Å². The molecule has 11 heteroatoms. The zero-order valence-corrected chi connectivity index (χ0v) is 19.1. The van der Waals surface area contributed by atoms with Crippen molar-refractivity contribution in [3.63, 3.8) is 0 Å². The van der Waals surface area contributed by atoms with Crippen molar-refractivity contribution in [3.05, 3.63) is 94.0 Å². The predicted octanol–water partition coefficient (Wildman–Crippen LogP) is 5.84. The summed E-state index contributed by atoms with van der Waals surface area (Å²) in [5, 5.41) is 2.81. The third-order valence-electron chi connectivity index (χ3n) is 4.52. The van der Waals surface area contributed by atoms with Crippen molar-refractivity contribution in [2.75, 3.05) is 11.9 Å². The highest BCUT2D eigenvalue weighted by atomic mass is 35.5. The van der Waals surface area contributed by atoms with Crippen LogP contribution >= 0.6 is 23.2 Å². The first-order valence-corrected chi connectivity index (χ1v) is 11.6. The smallest absolute Gasteiger partial charge is 0.325 e. The summed E-state index contributed by atoms with van der Waals surface area (Å²) in [6, 6.07) is 16.1. The van der Waals surface area contributed by atoms with Gasteiger partial charge in [-0.3, -0.25) is 4.79 Å². The van der Waals surface area contributed by atoms with Gasteiger partial charge in [0.05, 0.1) is 27.0 Å². The van der Waals surface area contributed by atoms with E-state index in [-0.39, 0.29) is 27.2 Å². The van der Waals surface area contributed by atoms with Gasteiger partial charge in [-0.15, -0.1) is 0 Å². The molecule has 3 aromatic rings. The van der Waals surface area contributed by atoms with Gasteiger partial charge in [0.1, 0.15) is 0 Å². The molecule has 0 radical (unpaired) electrons. The second-order valence-electron chi connectivity index (χ2n) is 6.96. The van der Waals surface area contributed by atoms with Gasteiger partial charge in [-0.05, 0) is 48.0 Å². The molecule has 33 heavy (non-hydrogen) atoms. The Balaban J connectivity index is 1.88. The van der Waals surface area contributed by atoms with Gasteiger partial charge < -0.3 is 5.32 Å². The molecule has 0 aliphatic carbocycles. The Morgan fingerprint density at radius 1 is 0.909 bits per heavy atom. The molecular formula is C22H17Cl2F3N2O3S. The van der Waals surface area contributed by atoms with Crippen LogP contribution in [0.4, 0.5) is 18.9 Å². The molecule has 0 atom stereocenters. The number of carbonyl (C=O) groups excluding carboxylic acids is 1. The highest BCUT2D eigenvalue weighted by Gasteiger charge is 2.31. The van der Waals surface area contributed by atoms with Crippen LogP contribution in [0.25, 0.3) is 0 Å². The Morgan fingerprint density at radius 2 is 1.61 bits per heavy atom. The molecule has 0 fully saturated rings. The van der Waals surface area contributed by atoms with Crippen molar-refractivity contribution in [1.29, 1.82) is 0 Å². The number of hydrogen-bond donors (Lipinski definition) is 1. The predicted molar refractivity (Wildman–Crippen MR) is 121 cm³/mol. The topological polar surface area (TPSA) is 66.5 Å². The molecule has 3 aromatic carbocycles. The van der Waals surface area contributed by atoms with E-state index in [0.29, 0.717) is 5.56 Å². The number of hydrogen-bond acceptors (Lipinski definition) is 3. The normalized spacial score (nSPS) is 12.1. The third-order valence-corrected chi connectivity index (χ3v) is 7.06. The molecule has 0 heterocycles. The van der Waals surface area contributed by atoms with Crippen LogP contribution in [0.15, 0.2) is 77.7 Å². The number of amides is 1. The number of carbonyl (C=O) groups is 1. The van der Waals surface area contributed by atoms with Crippen LogP contribution in [0.2, 0.25) is 10.0 Å². The van der Waals surface area contributed by atoms with E-state index in [1.54, 1.807) is 12.1 Å². The first-order valence-electron chi connectivity index (χ1n) is 9.43. The first-order chi connectivity index (χ1) is 15.5. The summed E-state index contributed by atoms with van der Waals surface area (Å²) < 4.78 is 66.1. The Bertz CT molecular complexity index is 1250. The summed E-state index contributed by atoms with van der Waals surface area (Å²) >= 11 is 11.9. The van der Waals surface area contributed by atoms with E-state index < -0.39 is 34.2 Å². The molecule has 0 aliphatic rings. The van der Waals surface area contributed by atoms with E-state index in [1.807, 2.05) is 0 Å². The minimum atomic E-state index is -4.59. The van der Waals surface area contributed by atoms with E-state index >= 15 is 0 Å². The summed E-state index contributed by atoms with van der Waals surface area (Å²) in [5.74, 6) is -0.811. The van der Waals surface area contributed by atoms with Crippen molar-refractivity contribution in [2.45, 2.75) is 17.6 Å². The molecule has 5 nitrogen and oxygen atoms in total. The molecule has 3 rings (SSSR count). The number of nitrogens with zero attached hydrogens (tertiary/aromatic N) is 1. The SMILES string of the molecule is O=C(CN(Cc1ccc(Cl)c(Cl)c1)S(=O)(=O)c1ccccc1)Nc1cccc(C(F)(F)F)c1. The minimum absolute atomic E-state index is 0.0445. The van der Waals surface area contributed by atoms with Gasteiger partial charge in [0.15, 0.2) is 0 Å². The van der Waals surface area contributed by atoms with Crippen LogP contribution in [0.3, 0.4) is 0 Å². The molecule has 0 aliphatic heterocycles. The molecule has 1 N–H and O–H groups in total. The highest BCUT2D eigenvalue weighted by molar-refractivity contribution is 7.89. The van der Waals surface area contributed by atoms with Gasteiger partial charge >= 0.3 is 6.18 Å². The van der Waals surface area contributed by atoms with Gasteiger partial charge in [-0.1, -0.05) is 53.5 Å². The van der Waals surface area contributed by atoms with E-state index in [1.165, 1.54) is 42.5 Å². The number of anilines is 1. The monoisotopic (exact) mass is 516 g/mol.